The Bertz CT molecular complexity index is 1110. The molecule has 2 aromatic heterocycles. The van der Waals surface area contributed by atoms with Crippen LogP contribution in [0, 0.1) is 6.92 Å². The van der Waals surface area contributed by atoms with Gasteiger partial charge in [-0.05, 0) is 56.5 Å². The SMILES string of the molecule is Cc1ncc(NC(=O)C2=NCCc3ccc(-c4cnn(C5CCNCC5)c4)cc32)s1. The van der Waals surface area contributed by atoms with Crippen molar-refractivity contribution in [3.8, 4) is 11.1 Å². The highest BCUT2D eigenvalue weighted by Gasteiger charge is 2.22. The molecule has 2 aliphatic heterocycles. The van der Waals surface area contributed by atoms with Crippen molar-refractivity contribution in [3.63, 3.8) is 0 Å². The summed E-state index contributed by atoms with van der Waals surface area (Å²) < 4.78 is 2.09. The highest BCUT2D eigenvalue weighted by Crippen LogP contribution is 2.28. The highest BCUT2D eigenvalue weighted by molar-refractivity contribution is 7.15. The van der Waals surface area contributed by atoms with E-state index in [2.05, 4.69) is 54.8 Å². The van der Waals surface area contributed by atoms with Gasteiger partial charge in [-0.15, -0.1) is 11.3 Å². The van der Waals surface area contributed by atoms with Crippen molar-refractivity contribution in [2.75, 3.05) is 25.0 Å². The molecule has 1 amide bonds. The van der Waals surface area contributed by atoms with Crippen LogP contribution in [0.25, 0.3) is 11.1 Å². The van der Waals surface area contributed by atoms with Gasteiger partial charge < -0.3 is 10.6 Å². The zero-order valence-corrected chi connectivity index (χ0v) is 17.7. The second-order valence-electron chi connectivity index (χ2n) is 7.74. The standard InChI is InChI=1S/C22H24N6OS/c1-14-25-12-20(30-14)27-22(29)21-19-10-16(3-2-15(19)4-9-24-21)17-11-26-28(13-17)18-5-7-23-8-6-18/h2-3,10-13,18,23H,4-9H2,1H3,(H,27,29). The number of hydrogen-bond donors (Lipinski definition) is 2. The molecule has 0 unspecified atom stereocenters. The smallest absolute Gasteiger partial charge is 0.275 e. The van der Waals surface area contributed by atoms with Crippen LogP contribution in [0.3, 0.4) is 0 Å². The Hall–Kier alpha value is -2.84. The third-order valence-corrected chi connectivity index (χ3v) is 6.53. The number of nitrogens with one attached hydrogen (secondary N) is 2. The number of carbonyl (C=O) groups excluding carboxylic acids is 1. The maximum absolute atomic E-state index is 12.9. The summed E-state index contributed by atoms with van der Waals surface area (Å²) in [5, 5.41) is 12.6. The van der Waals surface area contributed by atoms with Crippen LogP contribution in [0.2, 0.25) is 0 Å². The van der Waals surface area contributed by atoms with Crippen molar-refractivity contribution in [3.05, 3.63) is 52.9 Å². The molecule has 5 rings (SSSR count). The second-order valence-corrected chi connectivity index (χ2v) is 8.97. The highest BCUT2D eigenvalue weighted by atomic mass is 32.1. The van der Waals surface area contributed by atoms with E-state index in [4.69, 9.17) is 0 Å². The van der Waals surface area contributed by atoms with Gasteiger partial charge in [-0.3, -0.25) is 14.5 Å². The normalized spacial score (nSPS) is 16.8. The average molecular weight is 421 g/mol. The zero-order valence-electron chi connectivity index (χ0n) is 16.9. The van der Waals surface area contributed by atoms with E-state index < -0.39 is 0 Å². The molecule has 0 radical (unpaired) electrons. The van der Waals surface area contributed by atoms with E-state index in [9.17, 15) is 4.79 Å². The molecule has 2 aliphatic rings. The third kappa shape index (κ3) is 3.80. The van der Waals surface area contributed by atoms with Gasteiger partial charge in [0.2, 0.25) is 0 Å². The molecule has 8 heteroatoms. The van der Waals surface area contributed by atoms with Crippen LogP contribution in [0.1, 0.15) is 35.0 Å². The minimum Gasteiger partial charge on any atom is -0.317 e. The van der Waals surface area contributed by atoms with Crippen molar-refractivity contribution in [2.24, 2.45) is 4.99 Å². The summed E-state index contributed by atoms with van der Waals surface area (Å²) in [5.74, 6) is -0.179. The number of carbonyl (C=O) groups is 1. The minimum atomic E-state index is -0.179. The van der Waals surface area contributed by atoms with Crippen LogP contribution < -0.4 is 10.6 Å². The number of hydrogen-bond acceptors (Lipinski definition) is 6. The first-order chi connectivity index (χ1) is 14.7. The van der Waals surface area contributed by atoms with Gasteiger partial charge in [0, 0.05) is 23.9 Å². The van der Waals surface area contributed by atoms with Gasteiger partial charge in [-0.25, -0.2) is 4.98 Å². The van der Waals surface area contributed by atoms with E-state index in [0.717, 1.165) is 64.6 Å². The van der Waals surface area contributed by atoms with Crippen molar-refractivity contribution >= 4 is 28.0 Å². The number of aromatic nitrogens is 3. The Kier molecular flexibility index (Phi) is 5.18. The molecule has 30 heavy (non-hydrogen) atoms. The number of thiazole rings is 1. The van der Waals surface area contributed by atoms with E-state index >= 15 is 0 Å². The van der Waals surface area contributed by atoms with Gasteiger partial charge in [-0.1, -0.05) is 12.1 Å². The van der Waals surface area contributed by atoms with E-state index in [-0.39, 0.29) is 5.91 Å². The number of rotatable bonds is 4. The van der Waals surface area contributed by atoms with Crippen molar-refractivity contribution < 1.29 is 4.79 Å². The van der Waals surface area contributed by atoms with Crippen LogP contribution in [-0.2, 0) is 11.2 Å². The number of nitrogens with zero attached hydrogens (tertiary/aromatic N) is 4. The molecule has 1 aromatic carbocycles. The molecule has 0 saturated carbocycles. The molecule has 1 fully saturated rings. The fourth-order valence-corrected chi connectivity index (χ4v) is 4.78. The van der Waals surface area contributed by atoms with E-state index in [1.807, 2.05) is 13.1 Å². The molecular formula is C22H24N6OS. The topological polar surface area (TPSA) is 84.2 Å². The Morgan fingerprint density at radius 2 is 2.10 bits per heavy atom. The lowest BCUT2D eigenvalue weighted by Crippen LogP contribution is -2.29. The maximum Gasteiger partial charge on any atom is 0.275 e. The number of piperidine rings is 1. The summed E-state index contributed by atoms with van der Waals surface area (Å²) in [6.07, 6.45) is 8.77. The van der Waals surface area contributed by atoms with Crippen LogP contribution in [0.4, 0.5) is 5.00 Å². The summed E-state index contributed by atoms with van der Waals surface area (Å²) in [4.78, 5) is 21.7. The van der Waals surface area contributed by atoms with Gasteiger partial charge in [0.05, 0.1) is 23.4 Å². The van der Waals surface area contributed by atoms with Crippen LogP contribution >= 0.6 is 11.3 Å². The number of amides is 1. The monoisotopic (exact) mass is 420 g/mol. The molecule has 3 aromatic rings. The third-order valence-electron chi connectivity index (χ3n) is 5.71. The molecular weight excluding hydrogens is 396 g/mol. The Morgan fingerprint density at radius 1 is 1.23 bits per heavy atom. The molecule has 1 saturated heterocycles. The van der Waals surface area contributed by atoms with Gasteiger partial charge >= 0.3 is 0 Å². The van der Waals surface area contributed by atoms with Crippen molar-refractivity contribution in [1.82, 2.24) is 20.1 Å². The minimum absolute atomic E-state index is 0.179. The fraction of sp³-hybridized carbons (Fsp3) is 0.364. The molecule has 7 nitrogen and oxygen atoms in total. The first kappa shape index (κ1) is 19.1. The van der Waals surface area contributed by atoms with E-state index in [0.29, 0.717) is 18.3 Å². The van der Waals surface area contributed by atoms with Gasteiger partial charge in [0.15, 0.2) is 0 Å². The molecule has 154 valence electrons. The Balaban J connectivity index is 1.41. The predicted octanol–water partition coefficient (Wildman–Crippen LogP) is 3.22. The summed E-state index contributed by atoms with van der Waals surface area (Å²) in [6, 6.07) is 6.76. The summed E-state index contributed by atoms with van der Waals surface area (Å²) in [6.45, 7) is 4.62. The number of aryl methyl sites for hydroxylation is 1. The van der Waals surface area contributed by atoms with Gasteiger partial charge in [0.1, 0.15) is 10.7 Å². The van der Waals surface area contributed by atoms with Crippen molar-refractivity contribution in [2.45, 2.75) is 32.2 Å². The average Bonchev–Trinajstić information content (AvgIpc) is 3.43. The van der Waals surface area contributed by atoms with Crippen molar-refractivity contribution in [1.29, 1.82) is 0 Å². The molecule has 0 aliphatic carbocycles. The van der Waals surface area contributed by atoms with E-state index in [1.54, 1.807) is 6.20 Å². The van der Waals surface area contributed by atoms with Gasteiger partial charge in [0.25, 0.3) is 5.91 Å². The Morgan fingerprint density at radius 3 is 2.90 bits per heavy atom. The first-order valence-corrected chi connectivity index (χ1v) is 11.2. The van der Waals surface area contributed by atoms with Crippen LogP contribution in [0.5, 0.6) is 0 Å². The fourth-order valence-electron chi connectivity index (χ4n) is 4.11. The quantitative estimate of drug-likeness (QED) is 0.679. The lowest BCUT2D eigenvalue weighted by atomic mass is 9.93. The lowest BCUT2D eigenvalue weighted by Gasteiger charge is -2.22. The summed E-state index contributed by atoms with van der Waals surface area (Å²) in [5.41, 5.74) is 4.69. The predicted molar refractivity (Wildman–Crippen MR) is 119 cm³/mol. The summed E-state index contributed by atoms with van der Waals surface area (Å²) >= 11 is 1.46. The number of aliphatic imine (C=N–C) groups is 1. The lowest BCUT2D eigenvalue weighted by molar-refractivity contribution is -0.110. The molecule has 0 atom stereocenters. The van der Waals surface area contributed by atoms with E-state index in [1.165, 1.54) is 11.3 Å². The first-order valence-electron chi connectivity index (χ1n) is 10.3. The molecule has 0 bridgehead atoms. The number of benzene rings is 1. The zero-order chi connectivity index (χ0) is 20.5. The second kappa shape index (κ2) is 8.12. The van der Waals surface area contributed by atoms with Crippen LogP contribution in [0.15, 0.2) is 41.8 Å². The summed E-state index contributed by atoms with van der Waals surface area (Å²) in [7, 11) is 0. The number of anilines is 1. The molecule has 4 heterocycles. The molecule has 2 N–H and O–H groups in total. The van der Waals surface area contributed by atoms with Gasteiger partial charge in [-0.2, -0.15) is 5.10 Å². The molecule has 0 spiro atoms. The van der Waals surface area contributed by atoms with Crippen LogP contribution in [-0.4, -0.2) is 46.0 Å². The number of fused-ring (bicyclic) bond motifs is 1. The largest absolute Gasteiger partial charge is 0.317 e. The maximum atomic E-state index is 12.9. The Labute approximate surface area is 179 Å².